The zero-order valence-corrected chi connectivity index (χ0v) is 10.2. The molecule has 0 spiro atoms. The number of halogens is 1. The van der Waals surface area contributed by atoms with Crippen LogP contribution in [0.1, 0.15) is 18.4 Å². The van der Waals surface area contributed by atoms with Gasteiger partial charge in [0.2, 0.25) is 10.0 Å². The monoisotopic (exact) mass is 261 g/mol. The summed E-state index contributed by atoms with van der Waals surface area (Å²) in [5.41, 5.74) is 0.543. The van der Waals surface area contributed by atoms with Crippen LogP contribution < -0.4 is 4.72 Å². The van der Waals surface area contributed by atoms with Gasteiger partial charge in [-0.15, -0.1) is 0 Å². The van der Waals surface area contributed by atoms with Gasteiger partial charge in [0, 0.05) is 13.2 Å². The van der Waals surface area contributed by atoms with E-state index in [2.05, 4.69) is 4.72 Å². The standard InChI is InChI=1S/C11H16FNO3S/c12-11-5-3-10(4-6-11)9-17(15,16)13-7-1-2-8-14/h3-6,13-14H,1-2,7-9H2. The third-order valence-corrected chi connectivity index (χ3v) is 3.53. The van der Waals surface area contributed by atoms with Crippen molar-refractivity contribution in [3.63, 3.8) is 0 Å². The average molecular weight is 261 g/mol. The van der Waals surface area contributed by atoms with Crippen molar-refractivity contribution in [2.75, 3.05) is 13.2 Å². The summed E-state index contributed by atoms with van der Waals surface area (Å²) in [6, 6.07) is 5.36. The quantitative estimate of drug-likeness (QED) is 0.720. The van der Waals surface area contributed by atoms with Gasteiger partial charge in [-0.2, -0.15) is 0 Å². The zero-order chi connectivity index (χ0) is 12.7. The van der Waals surface area contributed by atoms with Crippen molar-refractivity contribution in [3.8, 4) is 0 Å². The second-order valence-electron chi connectivity index (χ2n) is 3.71. The highest BCUT2D eigenvalue weighted by Gasteiger charge is 2.10. The van der Waals surface area contributed by atoms with Crippen LogP contribution in [0.25, 0.3) is 0 Å². The van der Waals surface area contributed by atoms with E-state index in [0.29, 0.717) is 24.9 Å². The minimum absolute atomic E-state index is 0.0552. The predicted octanol–water partition coefficient (Wildman–Crippen LogP) is 1.02. The van der Waals surface area contributed by atoms with E-state index < -0.39 is 10.0 Å². The number of hydrogen-bond donors (Lipinski definition) is 2. The van der Waals surface area contributed by atoms with Gasteiger partial charge < -0.3 is 5.11 Å². The summed E-state index contributed by atoms with van der Waals surface area (Å²) in [6.45, 7) is 0.365. The molecule has 0 saturated heterocycles. The first kappa shape index (κ1) is 14.1. The Morgan fingerprint density at radius 1 is 1.18 bits per heavy atom. The fraction of sp³-hybridized carbons (Fsp3) is 0.455. The van der Waals surface area contributed by atoms with Crippen LogP contribution in [0.4, 0.5) is 4.39 Å². The molecule has 6 heteroatoms. The van der Waals surface area contributed by atoms with Gasteiger partial charge in [0.1, 0.15) is 5.82 Å². The molecule has 0 aliphatic rings. The van der Waals surface area contributed by atoms with Crippen LogP contribution in [0.2, 0.25) is 0 Å². The van der Waals surface area contributed by atoms with Gasteiger partial charge in [-0.25, -0.2) is 17.5 Å². The lowest BCUT2D eigenvalue weighted by molar-refractivity contribution is 0.285. The number of aliphatic hydroxyl groups is 1. The molecule has 0 saturated carbocycles. The zero-order valence-electron chi connectivity index (χ0n) is 9.39. The molecule has 0 amide bonds. The second-order valence-corrected chi connectivity index (χ2v) is 5.52. The van der Waals surface area contributed by atoms with Crippen LogP contribution in [-0.2, 0) is 15.8 Å². The van der Waals surface area contributed by atoms with E-state index in [1.54, 1.807) is 0 Å². The fourth-order valence-electron chi connectivity index (χ4n) is 1.32. The molecule has 1 aromatic carbocycles. The van der Waals surface area contributed by atoms with Crippen LogP contribution in [0.5, 0.6) is 0 Å². The molecule has 0 bridgehead atoms. The number of nitrogens with one attached hydrogen (secondary N) is 1. The lowest BCUT2D eigenvalue weighted by Crippen LogP contribution is -2.26. The fourth-order valence-corrected chi connectivity index (χ4v) is 2.50. The summed E-state index contributed by atoms with van der Waals surface area (Å²) in [7, 11) is -3.38. The van der Waals surface area contributed by atoms with E-state index in [4.69, 9.17) is 5.11 Å². The second kappa shape index (κ2) is 6.68. The largest absolute Gasteiger partial charge is 0.396 e. The summed E-state index contributed by atoms with van der Waals surface area (Å²) in [4.78, 5) is 0. The van der Waals surface area contributed by atoms with Crippen molar-refractivity contribution in [2.45, 2.75) is 18.6 Å². The molecule has 0 unspecified atom stereocenters. The number of sulfonamides is 1. The molecule has 2 N–H and O–H groups in total. The molecule has 0 atom stereocenters. The molecular formula is C11H16FNO3S. The van der Waals surface area contributed by atoms with Crippen LogP contribution >= 0.6 is 0 Å². The molecule has 0 aromatic heterocycles. The highest BCUT2D eigenvalue weighted by atomic mass is 32.2. The Hall–Kier alpha value is -0.980. The molecule has 17 heavy (non-hydrogen) atoms. The first-order chi connectivity index (χ1) is 8.03. The topological polar surface area (TPSA) is 66.4 Å². The smallest absolute Gasteiger partial charge is 0.215 e. The first-order valence-electron chi connectivity index (χ1n) is 5.36. The number of benzene rings is 1. The maximum absolute atomic E-state index is 12.6. The van der Waals surface area contributed by atoms with Crippen molar-refractivity contribution in [1.82, 2.24) is 4.72 Å². The number of unbranched alkanes of at least 4 members (excludes halogenated alkanes) is 1. The third-order valence-electron chi connectivity index (χ3n) is 2.18. The lowest BCUT2D eigenvalue weighted by atomic mass is 10.2. The van der Waals surface area contributed by atoms with Crippen LogP contribution in [0.3, 0.4) is 0 Å². The molecule has 0 heterocycles. The van der Waals surface area contributed by atoms with E-state index in [9.17, 15) is 12.8 Å². The molecular weight excluding hydrogens is 245 g/mol. The van der Waals surface area contributed by atoms with Gasteiger partial charge in [-0.3, -0.25) is 0 Å². The van der Waals surface area contributed by atoms with Gasteiger partial charge >= 0.3 is 0 Å². The van der Waals surface area contributed by atoms with E-state index in [-0.39, 0.29) is 18.2 Å². The molecule has 4 nitrogen and oxygen atoms in total. The number of hydrogen-bond acceptors (Lipinski definition) is 3. The average Bonchev–Trinajstić information content (AvgIpc) is 2.27. The molecule has 0 aliphatic heterocycles. The Morgan fingerprint density at radius 3 is 2.41 bits per heavy atom. The first-order valence-corrected chi connectivity index (χ1v) is 7.01. The minimum atomic E-state index is -3.38. The van der Waals surface area contributed by atoms with Crippen LogP contribution in [-0.4, -0.2) is 26.7 Å². The summed E-state index contributed by atoms with van der Waals surface area (Å²) in [5.74, 6) is -0.547. The van der Waals surface area contributed by atoms with E-state index in [1.165, 1.54) is 24.3 Å². The number of aliphatic hydroxyl groups excluding tert-OH is 1. The van der Waals surface area contributed by atoms with E-state index in [1.807, 2.05) is 0 Å². The molecule has 0 radical (unpaired) electrons. The molecule has 0 fully saturated rings. The summed E-state index contributed by atoms with van der Waals surface area (Å²) >= 11 is 0. The van der Waals surface area contributed by atoms with Crippen molar-refractivity contribution in [3.05, 3.63) is 35.6 Å². The van der Waals surface area contributed by atoms with Crippen molar-refractivity contribution in [2.24, 2.45) is 0 Å². The summed E-state index contributed by atoms with van der Waals surface area (Å²) in [5, 5.41) is 8.54. The SMILES string of the molecule is O=S(=O)(Cc1ccc(F)cc1)NCCCCO. The molecule has 1 aromatic rings. The molecule has 1 rings (SSSR count). The Labute approximate surface area is 101 Å². The Bertz CT molecular complexity index is 431. The minimum Gasteiger partial charge on any atom is -0.396 e. The Morgan fingerprint density at radius 2 is 1.82 bits per heavy atom. The van der Waals surface area contributed by atoms with Gasteiger partial charge in [0.15, 0.2) is 0 Å². The highest BCUT2D eigenvalue weighted by Crippen LogP contribution is 2.06. The Kier molecular flexibility index (Phi) is 5.54. The van der Waals surface area contributed by atoms with Gasteiger partial charge in [0.25, 0.3) is 0 Å². The summed E-state index contributed by atoms with van der Waals surface area (Å²) in [6.07, 6.45) is 1.16. The van der Waals surface area contributed by atoms with Crippen LogP contribution in [0.15, 0.2) is 24.3 Å². The number of rotatable bonds is 7. The molecule has 96 valence electrons. The third kappa shape index (κ3) is 5.76. The maximum Gasteiger partial charge on any atom is 0.215 e. The van der Waals surface area contributed by atoms with Crippen LogP contribution in [0, 0.1) is 5.82 Å². The van der Waals surface area contributed by atoms with Crippen molar-refractivity contribution in [1.29, 1.82) is 0 Å². The Balaban J connectivity index is 2.46. The predicted molar refractivity (Wildman–Crippen MR) is 63.3 cm³/mol. The van der Waals surface area contributed by atoms with Gasteiger partial charge in [-0.1, -0.05) is 12.1 Å². The summed E-state index contributed by atoms with van der Waals surface area (Å²) < 4.78 is 38.2. The normalized spacial score (nSPS) is 11.6. The molecule has 0 aliphatic carbocycles. The lowest BCUT2D eigenvalue weighted by Gasteiger charge is -2.06. The van der Waals surface area contributed by atoms with Crippen molar-refractivity contribution < 1.29 is 17.9 Å². The maximum atomic E-state index is 12.6. The van der Waals surface area contributed by atoms with Crippen molar-refractivity contribution >= 4 is 10.0 Å². The highest BCUT2D eigenvalue weighted by molar-refractivity contribution is 7.88. The van der Waals surface area contributed by atoms with E-state index in [0.717, 1.165) is 0 Å². The van der Waals surface area contributed by atoms with E-state index >= 15 is 0 Å². The van der Waals surface area contributed by atoms with Gasteiger partial charge in [0.05, 0.1) is 5.75 Å². The van der Waals surface area contributed by atoms with Gasteiger partial charge in [-0.05, 0) is 30.5 Å².